The molecule has 0 fully saturated rings. The lowest BCUT2D eigenvalue weighted by atomic mass is 10.1. The fraction of sp³-hybridized carbons (Fsp3) is 0.538. The molecule has 0 radical (unpaired) electrons. The molecule has 1 atom stereocenters. The van der Waals surface area contributed by atoms with Crippen molar-refractivity contribution in [1.82, 2.24) is 9.88 Å². The van der Waals surface area contributed by atoms with Crippen molar-refractivity contribution >= 4 is 11.9 Å². The molecule has 1 amide bonds. The van der Waals surface area contributed by atoms with E-state index in [1.54, 1.807) is 12.3 Å². The van der Waals surface area contributed by atoms with Crippen LogP contribution in [-0.2, 0) is 11.3 Å². The van der Waals surface area contributed by atoms with Crippen LogP contribution in [0.3, 0.4) is 0 Å². The van der Waals surface area contributed by atoms with Gasteiger partial charge in [0.25, 0.3) is 0 Å². The van der Waals surface area contributed by atoms with E-state index in [1.807, 2.05) is 6.92 Å². The number of hydrogen-bond acceptors (Lipinski definition) is 2. The van der Waals surface area contributed by atoms with Gasteiger partial charge in [0, 0.05) is 12.2 Å². The number of nitrogens with zero attached hydrogens (tertiary/aromatic N) is 1. The van der Waals surface area contributed by atoms with E-state index >= 15 is 0 Å². The highest BCUT2D eigenvalue weighted by Crippen LogP contribution is 2.04. The minimum absolute atomic E-state index is 0.0504. The van der Waals surface area contributed by atoms with Gasteiger partial charge in [-0.2, -0.15) is 0 Å². The zero-order valence-corrected chi connectivity index (χ0v) is 10.8. The molecule has 100 valence electrons. The second-order valence-corrected chi connectivity index (χ2v) is 4.29. The normalized spacial score (nSPS) is 12.1. The predicted octanol–water partition coefficient (Wildman–Crippen LogP) is 1.88. The number of amides is 1. The lowest BCUT2D eigenvalue weighted by molar-refractivity contribution is -0.122. The quantitative estimate of drug-likeness (QED) is 0.778. The van der Waals surface area contributed by atoms with Gasteiger partial charge < -0.3 is 15.0 Å². The molecular weight excluding hydrogens is 232 g/mol. The summed E-state index contributed by atoms with van der Waals surface area (Å²) in [6, 6.07) is 3.28. The van der Waals surface area contributed by atoms with Gasteiger partial charge in [-0.15, -0.1) is 0 Å². The van der Waals surface area contributed by atoms with Crippen molar-refractivity contribution in [2.45, 2.75) is 45.7 Å². The van der Waals surface area contributed by atoms with Crippen molar-refractivity contribution in [3.8, 4) is 0 Å². The number of carbonyl (C=O) groups is 2. The molecule has 1 unspecified atom stereocenters. The minimum Gasteiger partial charge on any atom is -0.477 e. The molecule has 1 heterocycles. The smallest absolute Gasteiger partial charge is 0.352 e. The fourth-order valence-electron chi connectivity index (χ4n) is 1.90. The Kier molecular flexibility index (Phi) is 5.42. The van der Waals surface area contributed by atoms with E-state index in [0.717, 1.165) is 19.3 Å². The van der Waals surface area contributed by atoms with Crippen LogP contribution in [0.25, 0.3) is 0 Å². The molecule has 1 rings (SSSR count). The summed E-state index contributed by atoms with van der Waals surface area (Å²) in [5, 5.41) is 11.8. The first-order chi connectivity index (χ1) is 8.58. The summed E-state index contributed by atoms with van der Waals surface area (Å²) in [5.74, 6) is -1.16. The molecular formula is C13H20N2O3. The number of aromatic nitrogens is 1. The molecule has 5 nitrogen and oxygen atoms in total. The van der Waals surface area contributed by atoms with Crippen LogP contribution in [-0.4, -0.2) is 27.6 Å². The lowest BCUT2D eigenvalue weighted by Gasteiger charge is -2.16. The van der Waals surface area contributed by atoms with Gasteiger partial charge in [-0.3, -0.25) is 4.79 Å². The average Bonchev–Trinajstić information content (AvgIpc) is 2.76. The molecule has 2 N–H and O–H groups in total. The zero-order valence-electron chi connectivity index (χ0n) is 10.8. The van der Waals surface area contributed by atoms with Crippen molar-refractivity contribution < 1.29 is 14.7 Å². The summed E-state index contributed by atoms with van der Waals surface area (Å²) < 4.78 is 1.44. The first-order valence-corrected chi connectivity index (χ1v) is 6.26. The summed E-state index contributed by atoms with van der Waals surface area (Å²) in [7, 11) is 0. The Morgan fingerprint density at radius 1 is 1.44 bits per heavy atom. The Morgan fingerprint density at radius 3 is 2.72 bits per heavy atom. The fourth-order valence-corrected chi connectivity index (χ4v) is 1.90. The summed E-state index contributed by atoms with van der Waals surface area (Å²) >= 11 is 0. The predicted molar refractivity (Wildman–Crippen MR) is 68.5 cm³/mol. The van der Waals surface area contributed by atoms with Gasteiger partial charge in [-0.25, -0.2) is 4.79 Å². The van der Waals surface area contributed by atoms with E-state index < -0.39 is 5.97 Å². The monoisotopic (exact) mass is 252 g/mol. The number of carboxylic acid groups (broad SMARTS) is 1. The van der Waals surface area contributed by atoms with Crippen molar-refractivity contribution in [3.63, 3.8) is 0 Å². The standard InChI is InChI=1S/C13H20N2O3/c1-3-6-10(4-2)14-12(16)9-15-8-5-7-11(15)13(17)18/h5,7-8,10H,3-4,6,9H2,1-2H3,(H,14,16)(H,17,18). The van der Waals surface area contributed by atoms with Crippen LogP contribution in [0, 0.1) is 0 Å². The summed E-state index contributed by atoms with van der Waals surface area (Å²) in [6.45, 7) is 4.15. The van der Waals surface area contributed by atoms with E-state index in [-0.39, 0.29) is 24.2 Å². The van der Waals surface area contributed by atoms with E-state index in [9.17, 15) is 9.59 Å². The number of rotatable bonds is 7. The van der Waals surface area contributed by atoms with Crippen LogP contribution in [0.5, 0.6) is 0 Å². The van der Waals surface area contributed by atoms with Crippen LogP contribution in [0.4, 0.5) is 0 Å². The van der Waals surface area contributed by atoms with Crippen LogP contribution in [0.15, 0.2) is 18.3 Å². The first-order valence-electron chi connectivity index (χ1n) is 6.26. The molecule has 18 heavy (non-hydrogen) atoms. The van der Waals surface area contributed by atoms with Crippen molar-refractivity contribution in [2.24, 2.45) is 0 Å². The van der Waals surface area contributed by atoms with Crippen molar-refractivity contribution in [2.75, 3.05) is 0 Å². The second kappa shape index (κ2) is 6.83. The van der Waals surface area contributed by atoms with Gasteiger partial charge in [0.2, 0.25) is 5.91 Å². The van der Waals surface area contributed by atoms with Gasteiger partial charge in [-0.05, 0) is 25.0 Å². The van der Waals surface area contributed by atoms with Gasteiger partial charge in [0.15, 0.2) is 0 Å². The topological polar surface area (TPSA) is 71.3 Å². The molecule has 0 saturated heterocycles. The van der Waals surface area contributed by atoms with Crippen molar-refractivity contribution in [3.05, 3.63) is 24.0 Å². The van der Waals surface area contributed by atoms with Crippen molar-refractivity contribution in [1.29, 1.82) is 0 Å². The number of carbonyl (C=O) groups excluding carboxylic acids is 1. The Morgan fingerprint density at radius 2 is 2.17 bits per heavy atom. The zero-order chi connectivity index (χ0) is 13.5. The highest BCUT2D eigenvalue weighted by molar-refractivity contribution is 5.86. The number of carboxylic acids is 1. The minimum atomic E-state index is -1.02. The van der Waals surface area contributed by atoms with Gasteiger partial charge in [0.1, 0.15) is 12.2 Å². The summed E-state index contributed by atoms with van der Waals surface area (Å²) in [4.78, 5) is 22.7. The molecule has 1 aromatic rings. The third-order valence-corrected chi connectivity index (χ3v) is 2.86. The van der Waals surface area contributed by atoms with Crippen LogP contribution >= 0.6 is 0 Å². The number of hydrogen-bond donors (Lipinski definition) is 2. The molecule has 5 heteroatoms. The molecule has 0 bridgehead atoms. The maximum absolute atomic E-state index is 11.8. The van der Waals surface area contributed by atoms with Gasteiger partial charge in [0.05, 0.1) is 0 Å². The summed E-state index contributed by atoms with van der Waals surface area (Å²) in [5.41, 5.74) is 0.133. The number of nitrogens with one attached hydrogen (secondary N) is 1. The van der Waals surface area contributed by atoms with E-state index in [2.05, 4.69) is 12.2 Å². The molecule has 0 spiro atoms. The maximum Gasteiger partial charge on any atom is 0.352 e. The highest BCUT2D eigenvalue weighted by Gasteiger charge is 2.13. The first kappa shape index (κ1) is 14.3. The largest absolute Gasteiger partial charge is 0.477 e. The highest BCUT2D eigenvalue weighted by atomic mass is 16.4. The average molecular weight is 252 g/mol. The number of aromatic carboxylic acids is 1. The molecule has 0 aliphatic rings. The van der Waals surface area contributed by atoms with Crippen LogP contribution in [0.2, 0.25) is 0 Å². The molecule has 0 aliphatic heterocycles. The molecule has 0 aromatic carbocycles. The Hall–Kier alpha value is -1.78. The third kappa shape index (κ3) is 3.91. The Balaban J connectivity index is 2.58. The molecule has 0 aliphatic carbocycles. The molecule has 1 aromatic heterocycles. The van der Waals surface area contributed by atoms with Gasteiger partial charge in [-0.1, -0.05) is 20.3 Å². The van der Waals surface area contributed by atoms with E-state index in [4.69, 9.17) is 5.11 Å². The second-order valence-electron chi connectivity index (χ2n) is 4.29. The van der Waals surface area contributed by atoms with Crippen LogP contribution < -0.4 is 5.32 Å². The SMILES string of the molecule is CCCC(CC)NC(=O)Cn1cccc1C(=O)O. The van der Waals surface area contributed by atoms with E-state index in [1.165, 1.54) is 10.6 Å². The maximum atomic E-state index is 11.8. The Bertz CT molecular complexity index is 412. The third-order valence-electron chi connectivity index (χ3n) is 2.86. The van der Waals surface area contributed by atoms with Crippen LogP contribution in [0.1, 0.15) is 43.6 Å². The van der Waals surface area contributed by atoms with E-state index in [0.29, 0.717) is 0 Å². The Labute approximate surface area is 107 Å². The lowest BCUT2D eigenvalue weighted by Crippen LogP contribution is -2.36. The summed E-state index contributed by atoms with van der Waals surface area (Å²) in [6.07, 6.45) is 4.45. The molecule has 0 saturated carbocycles. The van der Waals surface area contributed by atoms with Gasteiger partial charge >= 0.3 is 5.97 Å².